The van der Waals surface area contributed by atoms with Gasteiger partial charge in [0, 0.05) is 0 Å². The topological polar surface area (TPSA) is 124 Å². The largest absolute Gasteiger partial charge is 1.00 e. The quantitative estimate of drug-likeness (QED) is 0.173. The molecule has 7 nitrogen and oxygen atoms in total. The molecule has 0 aliphatic carbocycles. The first-order valence-corrected chi connectivity index (χ1v) is 14.3. The van der Waals surface area contributed by atoms with Crippen LogP contribution in [0.1, 0.15) is 76.7 Å². The van der Waals surface area contributed by atoms with Crippen LogP contribution in [0.15, 0.2) is 52.3 Å². The Bertz CT molecular complexity index is 1090. The van der Waals surface area contributed by atoms with Gasteiger partial charge in [0.2, 0.25) is 0 Å². The van der Waals surface area contributed by atoms with Gasteiger partial charge in [-0.25, -0.2) is 16.8 Å². The molecule has 2 rings (SSSR count). The predicted octanol–water partition coefficient (Wildman–Crippen LogP) is -0.241. The van der Waals surface area contributed by atoms with Crippen LogP contribution in [0.3, 0.4) is 0 Å². The van der Waals surface area contributed by atoms with Crippen molar-refractivity contribution < 1.29 is 89.8 Å². The van der Waals surface area contributed by atoms with Crippen molar-refractivity contribution in [1.82, 2.24) is 0 Å². The fraction of sp³-hybridized carbons (Fsp3) is 0.500. The molecular formula is C24H32Na2O7S2. The van der Waals surface area contributed by atoms with Crippen molar-refractivity contribution in [1.29, 1.82) is 0 Å². The Morgan fingerprint density at radius 3 is 1.57 bits per heavy atom. The number of ether oxygens (including phenoxy) is 1. The SMILES string of the molecule is CCCCCCCCCCCCc1ccc(Oc2ccc(S(=O)(=O)[O-])c(S(=O)(=O)[O-])c2)cc1.[Na+].[Na+]. The molecule has 0 saturated heterocycles. The van der Waals surface area contributed by atoms with Gasteiger partial charge in [-0.2, -0.15) is 0 Å². The van der Waals surface area contributed by atoms with E-state index >= 15 is 0 Å². The fourth-order valence-electron chi connectivity index (χ4n) is 3.63. The van der Waals surface area contributed by atoms with Gasteiger partial charge in [0.05, 0.1) is 9.79 Å². The van der Waals surface area contributed by atoms with E-state index < -0.39 is 30.0 Å². The second kappa shape index (κ2) is 17.5. The van der Waals surface area contributed by atoms with E-state index in [4.69, 9.17) is 4.74 Å². The van der Waals surface area contributed by atoms with Crippen molar-refractivity contribution in [3.63, 3.8) is 0 Å². The molecule has 0 radical (unpaired) electrons. The summed E-state index contributed by atoms with van der Waals surface area (Å²) in [4.78, 5) is -2.20. The summed E-state index contributed by atoms with van der Waals surface area (Å²) in [6.45, 7) is 2.23. The molecule has 0 aromatic heterocycles. The maximum atomic E-state index is 11.4. The Balaban J connectivity index is 0.00000578. The molecule has 0 N–H and O–H groups in total. The third kappa shape index (κ3) is 13.4. The second-order valence-electron chi connectivity index (χ2n) is 8.19. The molecule has 0 amide bonds. The standard InChI is InChI=1S/C24H34O7S2.2Na/c1-2-3-4-5-6-7-8-9-10-11-12-20-13-15-21(16-14-20)31-22-17-18-23(32(25,26)27)24(19-22)33(28,29)30;;/h13-19H,2-12H2,1H3,(H,25,26,27)(H,28,29,30);;/q;2*+1/p-2. The third-order valence-corrected chi connectivity index (χ3v) is 7.33. The zero-order valence-corrected chi connectivity index (χ0v) is 26.6. The molecular weight excluding hydrogens is 510 g/mol. The number of hydrogen-bond acceptors (Lipinski definition) is 7. The Morgan fingerprint density at radius 1 is 0.629 bits per heavy atom. The van der Waals surface area contributed by atoms with Crippen molar-refractivity contribution in [3.05, 3.63) is 48.0 Å². The fourth-order valence-corrected chi connectivity index (χ4v) is 5.36. The molecule has 0 unspecified atom stereocenters. The Labute approximate surface area is 254 Å². The van der Waals surface area contributed by atoms with E-state index in [-0.39, 0.29) is 64.9 Å². The Morgan fingerprint density at radius 2 is 1.09 bits per heavy atom. The summed E-state index contributed by atoms with van der Waals surface area (Å²) in [6, 6.07) is 9.91. The van der Waals surface area contributed by atoms with E-state index in [0.29, 0.717) is 5.75 Å². The van der Waals surface area contributed by atoms with Crippen LogP contribution in [-0.2, 0) is 26.7 Å². The van der Waals surface area contributed by atoms with Crippen molar-refractivity contribution in [2.75, 3.05) is 0 Å². The minimum atomic E-state index is -5.17. The summed E-state index contributed by atoms with van der Waals surface area (Å²) in [6.07, 6.45) is 13.7. The van der Waals surface area contributed by atoms with Crippen LogP contribution in [0.25, 0.3) is 0 Å². The first-order valence-electron chi connectivity index (χ1n) is 11.4. The molecule has 35 heavy (non-hydrogen) atoms. The number of unbranched alkanes of at least 4 members (excludes halogenated alkanes) is 9. The average molecular weight is 543 g/mol. The van der Waals surface area contributed by atoms with Crippen LogP contribution < -0.4 is 63.9 Å². The van der Waals surface area contributed by atoms with Crippen LogP contribution in [0.2, 0.25) is 0 Å². The summed E-state index contributed by atoms with van der Waals surface area (Å²) in [7, 11) is -10.3. The molecule has 0 aliphatic heterocycles. The van der Waals surface area contributed by atoms with E-state index in [1.807, 2.05) is 12.1 Å². The van der Waals surface area contributed by atoms with Crippen molar-refractivity contribution in [2.45, 2.75) is 87.3 Å². The molecule has 184 valence electrons. The van der Waals surface area contributed by atoms with Crippen molar-refractivity contribution >= 4 is 20.2 Å². The van der Waals surface area contributed by atoms with Gasteiger partial charge in [-0.05, 0) is 48.7 Å². The minimum absolute atomic E-state index is 0. The molecule has 2 aromatic rings. The van der Waals surface area contributed by atoms with Gasteiger partial charge < -0.3 is 13.8 Å². The zero-order valence-electron chi connectivity index (χ0n) is 21.0. The Hall–Kier alpha value is 0.0600. The normalized spacial score (nSPS) is 11.4. The zero-order chi connectivity index (χ0) is 24.3. The molecule has 0 spiro atoms. The van der Waals surface area contributed by atoms with Gasteiger partial charge in [-0.3, -0.25) is 0 Å². The van der Waals surface area contributed by atoms with E-state index in [2.05, 4.69) is 6.92 Å². The van der Waals surface area contributed by atoms with Gasteiger partial charge in [0.1, 0.15) is 31.7 Å². The number of aryl methyl sites for hydroxylation is 1. The van der Waals surface area contributed by atoms with Gasteiger partial charge >= 0.3 is 59.1 Å². The van der Waals surface area contributed by atoms with Crippen LogP contribution in [0.4, 0.5) is 0 Å². The molecule has 0 atom stereocenters. The molecule has 0 saturated carbocycles. The van der Waals surface area contributed by atoms with E-state index in [1.54, 1.807) is 12.1 Å². The maximum absolute atomic E-state index is 11.4. The van der Waals surface area contributed by atoms with Gasteiger partial charge in [-0.1, -0.05) is 76.8 Å². The summed E-state index contributed by atoms with van der Waals surface area (Å²) in [5, 5.41) is 0. The number of rotatable bonds is 15. The molecule has 2 aromatic carbocycles. The summed E-state index contributed by atoms with van der Waals surface area (Å²) in [5.41, 5.74) is 1.15. The van der Waals surface area contributed by atoms with Crippen LogP contribution in [-0.4, -0.2) is 25.9 Å². The molecule has 0 fully saturated rings. The molecule has 0 heterocycles. The van der Waals surface area contributed by atoms with Crippen LogP contribution in [0, 0.1) is 0 Å². The third-order valence-electron chi connectivity index (χ3n) is 5.43. The molecule has 11 heteroatoms. The second-order valence-corrected chi connectivity index (χ2v) is 10.9. The minimum Gasteiger partial charge on any atom is -0.744 e. The first-order chi connectivity index (χ1) is 15.6. The number of hydrogen-bond donors (Lipinski definition) is 0. The number of benzene rings is 2. The smallest absolute Gasteiger partial charge is 0.744 e. The van der Waals surface area contributed by atoms with Gasteiger partial charge in [0.15, 0.2) is 0 Å². The summed E-state index contributed by atoms with van der Waals surface area (Å²) < 4.78 is 73.3. The van der Waals surface area contributed by atoms with E-state index in [9.17, 15) is 25.9 Å². The van der Waals surface area contributed by atoms with Crippen LogP contribution >= 0.6 is 0 Å². The molecule has 0 bridgehead atoms. The maximum Gasteiger partial charge on any atom is 1.00 e. The Kier molecular flexibility index (Phi) is 17.6. The monoisotopic (exact) mass is 542 g/mol. The average Bonchev–Trinajstić information content (AvgIpc) is 2.75. The van der Waals surface area contributed by atoms with Crippen LogP contribution in [0.5, 0.6) is 11.5 Å². The predicted molar refractivity (Wildman–Crippen MR) is 124 cm³/mol. The van der Waals surface area contributed by atoms with Gasteiger partial charge in [-0.15, -0.1) is 0 Å². The van der Waals surface area contributed by atoms with Crippen molar-refractivity contribution in [2.24, 2.45) is 0 Å². The van der Waals surface area contributed by atoms with Gasteiger partial charge in [0.25, 0.3) is 0 Å². The van der Waals surface area contributed by atoms with Crippen molar-refractivity contribution in [3.8, 4) is 11.5 Å². The molecule has 0 aliphatic rings. The van der Waals surface area contributed by atoms with E-state index in [1.165, 1.54) is 57.8 Å². The van der Waals surface area contributed by atoms with E-state index in [0.717, 1.165) is 36.6 Å². The summed E-state index contributed by atoms with van der Waals surface area (Å²) >= 11 is 0. The summed E-state index contributed by atoms with van der Waals surface area (Å²) in [5.74, 6) is 0.341. The first kappa shape index (κ1) is 35.1.